The second kappa shape index (κ2) is 4.31. The number of hydrogen-bond donors (Lipinski definition) is 3. The minimum atomic E-state index is 0.765. The highest BCUT2D eigenvalue weighted by atomic mass is 16.5. The molecule has 0 fully saturated rings. The molecule has 104 valence electrons. The van der Waals surface area contributed by atoms with Gasteiger partial charge in [0.15, 0.2) is 0 Å². The third kappa shape index (κ3) is 1.76. The predicted octanol–water partition coefficient (Wildman–Crippen LogP) is 3.91. The number of nitrogen functional groups attached to an aromatic ring is 1. The van der Waals surface area contributed by atoms with E-state index in [0.717, 1.165) is 44.4 Å². The van der Waals surface area contributed by atoms with Crippen LogP contribution in [0.1, 0.15) is 0 Å². The van der Waals surface area contributed by atoms with Crippen molar-refractivity contribution in [2.45, 2.75) is 0 Å². The normalized spacial score (nSPS) is 11.3. The van der Waals surface area contributed by atoms with Crippen molar-refractivity contribution in [1.82, 2.24) is 9.97 Å². The molecule has 0 bridgehead atoms. The first kappa shape index (κ1) is 11.9. The zero-order valence-corrected chi connectivity index (χ0v) is 11.6. The number of rotatable bonds is 2. The summed E-state index contributed by atoms with van der Waals surface area (Å²) in [5.41, 5.74) is 11.1. The van der Waals surface area contributed by atoms with Crippen LogP contribution >= 0.6 is 0 Å². The Morgan fingerprint density at radius 1 is 0.857 bits per heavy atom. The van der Waals surface area contributed by atoms with Gasteiger partial charge < -0.3 is 20.4 Å². The average Bonchev–Trinajstić information content (AvgIpc) is 3.09. The lowest BCUT2D eigenvalue weighted by molar-refractivity contribution is 0.415. The first-order valence-electron chi connectivity index (χ1n) is 6.78. The summed E-state index contributed by atoms with van der Waals surface area (Å²) < 4.78 is 5.33. The zero-order chi connectivity index (χ0) is 14.4. The van der Waals surface area contributed by atoms with E-state index in [1.165, 1.54) is 0 Å². The summed E-state index contributed by atoms with van der Waals surface area (Å²) >= 11 is 0. The summed E-state index contributed by atoms with van der Waals surface area (Å²) in [6.45, 7) is 0. The number of fused-ring (bicyclic) bond motifs is 2. The van der Waals surface area contributed by atoms with Crippen LogP contribution in [-0.4, -0.2) is 17.1 Å². The van der Waals surface area contributed by atoms with Crippen LogP contribution < -0.4 is 10.5 Å². The quantitative estimate of drug-likeness (QED) is 0.486. The van der Waals surface area contributed by atoms with Crippen molar-refractivity contribution in [3.63, 3.8) is 0 Å². The van der Waals surface area contributed by atoms with Crippen LogP contribution in [0.15, 0.2) is 48.8 Å². The van der Waals surface area contributed by atoms with Crippen LogP contribution in [0.2, 0.25) is 0 Å². The van der Waals surface area contributed by atoms with Crippen LogP contribution in [-0.2, 0) is 0 Å². The Labute approximate surface area is 121 Å². The van der Waals surface area contributed by atoms with Crippen LogP contribution in [0, 0.1) is 0 Å². The van der Waals surface area contributed by atoms with Crippen molar-refractivity contribution in [2.75, 3.05) is 12.8 Å². The summed E-state index contributed by atoms with van der Waals surface area (Å²) in [7, 11) is 1.68. The first-order chi connectivity index (χ1) is 10.3. The maximum absolute atomic E-state index is 5.92. The summed E-state index contributed by atoms with van der Waals surface area (Å²) in [5.74, 6) is 0.850. The number of aromatic nitrogens is 2. The molecule has 0 aliphatic carbocycles. The van der Waals surface area contributed by atoms with Gasteiger partial charge in [-0.2, -0.15) is 0 Å². The van der Waals surface area contributed by atoms with Crippen molar-refractivity contribution in [2.24, 2.45) is 0 Å². The fourth-order valence-corrected chi connectivity index (χ4v) is 2.81. The highest BCUT2D eigenvalue weighted by molar-refractivity contribution is 6.05. The molecule has 21 heavy (non-hydrogen) atoms. The Bertz CT molecular complexity index is 949. The van der Waals surface area contributed by atoms with E-state index in [2.05, 4.69) is 9.97 Å². The van der Waals surface area contributed by atoms with Crippen molar-refractivity contribution < 1.29 is 4.74 Å². The average molecular weight is 277 g/mol. The molecule has 0 aliphatic rings. The van der Waals surface area contributed by atoms with Gasteiger partial charge in [0.2, 0.25) is 0 Å². The van der Waals surface area contributed by atoms with Gasteiger partial charge in [-0.1, -0.05) is 0 Å². The van der Waals surface area contributed by atoms with Gasteiger partial charge in [-0.25, -0.2) is 0 Å². The van der Waals surface area contributed by atoms with Crippen LogP contribution in [0.5, 0.6) is 5.75 Å². The van der Waals surface area contributed by atoms with E-state index in [0.29, 0.717) is 0 Å². The number of hydrogen-bond acceptors (Lipinski definition) is 2. The van der Waals surface area contributed by atoms with Crippen LogP contribution in [0.4, 0.5) is 5.69 Å². The molecule has 2 aromatic carbocycles. The molecule has 4 aromatic rings. The van der Waals surface area contributed by atoms with Gasteiger partial charge >= 0.3 is 0 Å². The fraction of sp³-hybridized carbons (Fsp3) is 0.0588. The maximum Gasteiger partial charge on any atom is 0.119 e. The largest absolute Gasteiger partial charge is 0.497 e. The monoisotopic (exact) mass is 277 g/mol. The van der Waals surface area contributed by atoms with Gasteiger partial charge in [-0.05, 0) is 36.4 Å². The second-order valence-electron chi connectivity index (χ2n) is 5.12. The molecule has 0 aliphatic heterocycles. The van der Waals surface area contributed by atoms with Crippen LogP contribution in [0.3, 0.4) is 0 Å². The van der Waals surface area contributed by atoms with E-state index in [9.17, 15) is 0 Å². The minimum Gasteiger partial charge on any atom is -0.497 e. The van der Waals surface area contributed by atoms with Crippen molar-refractivity contribution >= 4 is 27.5 Å². The molecule has 0 amide bonds. The van der Waals surface area contributed by atoms with Gasteiger partial charge in [0.25, 0.3) is 0 Å². The number of H-pyrrole nitrogens is 2. The van der Waals surface area contributed by atoms with Crippen molar-refractivity contribution in [3.8, 4) is 16.9 Å². The number of nitrogens with two attached hydrogens (primary N) is 1. The number of aromatic amines is 2. The Hall–Kier alpha value is -2.88. The lowest BCUT2D eigenvalue weighted by Gasteiger charge is -2.02. The third-order valence-electron chi connectivity index (χ3n) is 3.88. The molecule has 0 spiro atoms. The van der Waals surface area contributed by atoms with E-state index in [4.69, 9.17) is 10.5 Å². The Morgan fingerprint density at radius 3 is 2.14 bits per heavy atom. The number of anilines is 1. The van der Waals surface area contributed by atoms with Gasteiger partial charge in [0.1, 0.15) is 5.75 Å². The minimum absolute atomic E-state index is 0.765. The van der Waals surface area contributed by atoms with Crippen molar-refractivity contribution in [3.05, 3.63) is 48.8 Å². The van der Waals surface area contributed by atoms with E-state index in [1.807, 2.05) is 48.8 Å². The predicted molar refractivity (Wildman–Crippen MR) is 86.6 cm³/mol. The van der Waals surface area contributed by atoms with E-state index in [1.54, 1.807) is 7.11 Å². The number of nitrogens with one attached hydrogen (secondary N) is 2. The molecule has 0 saturated carbocycles. The smallest absolute Gasteiger partial charge is 0.119 e. The molecule has 4 N–H and O–H groups in total. The number of ether oxygens (including phenoxy) is 1. The lowest BCUT2D eigenvalue weighted by atomic mass is 10.0. The molecule has 0 saturated heterocycles. The van der Waals surface area contributed by atoms with E-state index < -0.39 is 0 Å². The number of benzene rings is 2. The molecular weight excluding hydrogens is 262 g/mol. The maximum atomic E-state index is 5.92. The Balaban J connectivity index is 2.01. The SMILES string of the molecule is COc1ccc2[nH]cc(-c3c[nH]c4ccc(N)cc34)c2c1. The van der Waals surface area contributed by atoms with Gasteiger partial charge in [0, 0.05) is 51.0 Å². The Morgan fingerprint density at radius 2 is 1.48 bits per heavy atom. The lowest BCUT2D eigenvalue weighted by Crippen LogP contribution is -1.83. The van der Waals surface area contributed by atoms with E-state index >= 15 is 0 Å². The van der Waals surface area contributed by atoms with Crippen LogP contribution in [0.25, 0.3) is 32.9 Å². The number of methoxy groups -OCH3 is 1. The summed E-state index contributed by atoms with van der Waals surface area (Å²) in [5, 5.41) is 2.26. The Kier molecular flexibility index (Phi) is 2.44. The third-order valence-corrected chi connectivity index (χ3v) is 3.88. The highest BCUT2D eigenvalue weighted by Crippen LogP contribution is 2.35. The second-order valence-corrected chi connectivity index (χ2v) is 5.12. The molecule has 0 radical (unpaired) electrons. The summed E-state index contributed by atoms with van der Waals surface area (Å²) in [6.07, 6.45) is 4.04. The molecule has 4 rings (SSSR count). The topological polar surface area (TPSA) is 66.8 Å². The molecule has 2 heterocycles. The standard InChI is InChI=1S/C17H15N3O/c1-21-11-3-5-17-13(7-11)15(9-20-17)14-8-19-16-4-2-10(18)6-12(14)16/h2-9,19-20H,18H2,1H3. The molecule has 0 unspecified atom stereocenters. The van der Waals surface area contributed by atoms with Gasteiger partial charge in [0.05, 0.1) is 7.11 Å². The molecule has 0 atom stereocenters. The highest BCUT2D eigenvalue weighted by Gasteiger charge is 2.12. The van der Waals surface area contributed by atoms with E-state index in [-0.39, 0.29) is 0 Å². The van der Waals surface area contributed by atoms with Gasteiger partial charge in [-0.3, -0.25) is 0 Å². The molecule has 2 aromatic heterocycles. The molecular formula is C17H15N3O. The first-order valence-corrected chi connectivity index (χ1v) is 6.78. The summed E-state index contributed by atoms with van der Waals surface area (Å²) in [4.78, 5) is 6.60. The van der Waals surface area contributed by atoms with Gasteiger partial charge in [-0.15, -0.1) is 0 Å². The molecule has 4 nitrogen and oxygen atoms in total. The fourth-order valence-electron chi connectivity index (χ4n) is 2.81. The molecule has 4 heteroatoms. The zero-order valence-electron chi connectivity index (χ0n) is 11.6. The van der Waals surface area contributed by atoms with Crippen molar-refractivity contribution in [1.29, 1.82) is 0 Å². The summed E-state index contributed by atoms with van der Waals surface area (Å²) in [6, 6.07) is 11.9.